The van der Waals surface area contributed by atoms with Crippen LogP contribution in [-0.2, 0) is 6.61 Å². The van der Waals surface area contributed by atoms with Gasteiger partial charge in [0.15, 0.2) is 0 Å². The predicted octanol–water partition coefficient (Wildman–Crippen LogP) is 4.18. The summed E-state index contributed by atoms with van der Waals surface area (Å²) in [5.74, 6) is 0.918. The number of para-hydroxylation sites is 1. The molecule has 0 saturated heterocycles. The van der Waals surface area contributed by atoms with E-state index in [9.17, 15) is 0 Å². The Bertz CT molecular complexity index is 445. The molecule has 2 rings (SSSR count). The van der Waals surface area contributed by atoms with Crippen LogP contribution in [0.1, 0.15) is 11.1 Å². The number of hydrogen-bond donors (Lipinski definition) is 0. The van der Waals surface area contributed by atoms with Gasteiger partial charge in [0.05, 0.1) is 0 Å². The molecule has 2 aromatic rings. The van der Waals surface area contributed by atoms with Crippen LogP contribution >= 0.6 is 22.6 Å². The van der Waals surface area contributed by atoms with Gasteiger partial charge in [-0.15, -0.1) is 0 Å². The van der Waals surface area contributed by atoms with Gasteiger partial charge in [0.2, 0.25) is 0 Å². The molecular formula is C14H13IO. The molecular weight excluding hydrogens is 311 g/mol. The van der Waals surface area contributed by atoms with Gasteiger partial charge >= 0.3 is 0 Å². The highest BCUT2D eigenvalue weighted by molar-refractivity contribution is 14.1. The van der Waals surface area contributed by atoms with Crippen molar-refractivity contribution in [2.75, 3.05) is 0 Å². The first kappa shape index (κ1) is 11.5. The monoisotopic (exact) mass is 324 g/mol. The van der Waals surface area contributed by atoms with Crippen molar-refractivity contribution in [2.45, 2.75) is 13.5 Å². The van der Waals surface area contributed by atoms with Gasteiger partial charge in [-0.05, 0) is 53.3 Å². The molecule has 2 aromatic carbocycles. The van der Waals surface area contributed by atoms with Crippen LogP contribution in [0.4, 0.5) is 0 Å². The lowest BCUT2D eigenvalue weighted by Gasteiger charge is -2.10. The summed E-state index contributed by atoms with van der Waals surface area (Å²) in [6.45, 7) is 2.75. The normalized spacial score (nSPS) is 10.1. The third-order valence-electron chi connectivity index (χ3n) is 2.48. The molecule has 0 aliphatic carbocycles. The molecule has 0 unspecified atom stereocenters. The second-order valence-electron chi connectivity index (χ2n) is 3.64. The maximum absolute atomic E-state index is 5.75. The lowest BCUT2D eigenvalue weighted by Crippen LogP contribution is -2.00. The summed E-state index contributed by atoms with van der Waals surface area (Å²) in [6.07, 6.45) is 0. The van der Waals surface area contributed by atoms with E-state index in [1.807, 2.05) is 30.3 Å². The molecule has 16 heavy (non-hydrogen) atoms. The number of hydrogen-bond acceptors (Lipinski definition) is 1. The summed E-state index contributed by atoms with van der Waals surface area (Å²) in [6, 6.07) is 16.2. The summed E-state index contributed by atoms with van der Waals surface area (Å²) in [5.41, 5.74) is 2.55. The van der Waals surface area contributed by atoms with Gasteiger partial charge < -0.3 is 4.74 Å². The van der Waals surface area contributed by atoms with Crippen molar-refractivity contribution in [1.82, 2.24) is 0 Å². The molecule has 0 N–H and O–H groups in total. The zero-order valence-corrected chi connectivity index (χ0v) is 11.3. The number of halogens is 1. The zero-order valence-electron chi connectivity index (χ0n) is 9.11. The van der Waals surface area contributed by atoms with Gasteiger partial charge in [-0.2, -0.15) is 0 Å². The first-order chi connectivity index (χ1) is 7.77. The number of benzene rings is 2. The van der Waals surface area contributed by atoms with Crippen LogP contribution < -0.4 is 4.74 Å². The van der Waals surface area contributed by atoms with E-state index in [-0.39, 0.29) is 0 Å². The summed E-state index contributed by atoms with van der Waals surface area (Å²) >= 11 is 2.35. The summed E-state index contributed by atoms with van der Waals surface area (Å²) < 4.78 is 7.01. The van der Waals surface area contributed by atoms with Crippen molar-refractivity contribution in [3.05, 3.63) is 63.2 Å². The van der Waals surface area contributed by atoms with E-state index in [4.69, 9.17) is 4.74 Å². The van der Waals surface area contributed by atoms with Crippen molar-refractivity contribution in [3.63, 3.8) is 0 Å². The molecule has 82 valence electrons. The largest absolute Gasteiger partial charge is 0.489 e. The third-order valence-corrected chi connectivity index (χ3v) is 3.49. The van der Waals surface area contributed by atoms with Crippen LogP contribution in [0.25, 0.3) is 0 Å². The van der Waals surface area contributed by atoms with E-state index < -0.39 is 0 Å². The van der Waals surface area contributed by atoms with Crippen molar-refractivity contribution in [1.29, 1.82) is 0 Å². The summed E-state index contributed by atoms with van der Waals surface area (Å²) in [5, 5.41) is 0. The van der Waals surface area contributed by atoms with Gasteiger partial charge in [0.25, 0.3) is 0 Å². The average molecular weight is 324 g/mol. The van der Waals surface area contributed by atoms with E-state index >= 15 is 0 Å². The van der Waals surface area contributed by atoms with E-state index in [0.29, 0.717) is 6.61 Å². The Morgan fingerprint density at radius 1 is 1.00 bits per heavy atom. The van der Waals surface area contributed by atoms with Gasteiger partial charge in [0, 0.05) is 9.13 Å². The molecule has 0 aliphatic heterocycles. The van der Waals surface area contributed by atoms with Gasteiger partial charge in [-0.1, -0.05) is 30.3 Å². The predicted molar refractivity (Wildman–Crippen MR) is 74.7 cm³/mol. The Morgan fingerprint density at radius 2 is 1.75 bits per heavy atom. The molecule has 0 amide bonds. The van der Waals surface area contributed by atoms with Crippen LogP contribution in [0.2, 0.25) is 0 Å². The average Bonchev–Trinajstić information content (AvgIpc) is 2.30. The van der Waals surface area contributed by atoms with Crippen LogP contribution in [0.5, 0.6) is 5.75 Å². The lowest BCUT2D eigenvalue weighted by molar-refractivity contribution is 0.304. The summed E-state index contributed by atoms with van der Waals surface area (Å²) in [7, 11) is 0. The molecule has 1 nitrogen and oxygen atoms in total. The van der Waals surface area contributed by atoms with Crippen molar-refractivity contribution < 1.29 is 4.74 Å². The molecule has 0 atom stereocenters. The fraction of sp³-hybridized carbons (Fsp3) is 0.143. The highest BCUT2D eigenvalue weighted by Crippen LogP contribution is 2.19. The van der Waals surface area contributed by atoms with Gasteiger partial charge in [0.1, 0.15) is 12.4 Å². The van der Waals surface area contributed by atoms with Crippen LogP contribution in [-0.4, -0.2) is 0 Å². The van der Waals surface area contributed by atoms with E-state index in [0.717, 1.165) is 5.75 Å². The number of ether oxygens (including phenoxy) is 1. The quantitative estimate of drug-likeness (QED) is 0.770. The Labute approximate surface area is 110 Å². The van der Waals surface area contributed by atoms with E-state index in [2.05, 4.69) is 47.7 Å². The Kier molecular flexibility index (Phi) is 3.83. The summed E-state index contributed by atoms with van der Waals surface area (Å²) in [4.78, 5) is 0. The SMILES string of the molecule is Cc1cccc(I)c1COc1ccccc1. The highest BCUT2D eigenvalue weighted by atomic mass is 127. The molecule has 0 saturated carbocycles. The number of aryl methyl sites for hydroxylation is 1. The standard InChI is InChI=1S/C14H13IO/c1-11-6-5-9-14(15)13(11)10-16-12-7-3-2-4-8-12/h2-9H,10H2,1H3. The minimum atomic E-state index is 0.634. The lowest BCUT2D eigenvalue weighted by atomic mass is 10.1. The Morgan fingerprint density at radius 3 is 2.44 bits per heavy atom. The zero-order chi connectivity index (χ0) is 11.4. The molecule has 0 bridgehead atoms. The van der Waals surface area contributed by atoms with Crippen molar-refractivity contribution >= 4 is 22.6 Å². The molecule has 2 heteroatoms. The van der Waals surface area contributed by atoms with Crippen LogP contribution in [0.3, 0.4) is 0 Å². The van der Waals surface area contributed by atoms with E-state index in [1.54, 1.807) is 0 Å². The second-order valence-corrected chi connectivity index (χ2v) is 4.80. The molecule has 0 aliphatic rings. The second kappa shape index (κ2) is 5.34. The fourth-order valence-corrected chi connectivity index (χ4v) is 2.31. The minimum Gasteiger partial charge on any atom is -0.489 e. The van der Waals surface area contributed by atoms with Crippen LogP contribution in [0, 0.1) is 10.5 Å². The Hall–Kier alpha value is -1.03. The first-order valence-corrected chi connectivity index (χ1v) is 6.27. The maximum atomic E-state index is 5.75. The van der Waals surface area contributed by atoms with Gasteiger partial charge in [-0.3, -0.25) is 0 Å². The highest BCUT2D eigenvalue weighted by Gasteiger charge is 2.03. The molecule has 0 spiro atoms. The smallest absolute Gasteiger partial charge is 0.119 e. The van der Waals surface area contributed by atoms with Gasteiger partial charge in [-0.25, -0.2) is 0 Å². The Balaban J connectivity index is 2.11. The van der Waals surface area contributed by atoms with Crippen molar-refractivity contribution in [3.8, 4) is 5.75 Å². The maximum Gasteiger partial charge on any atom is 0.119 e. The molecule has 0 radical (unpaired) electrons. The topological polar surface area (TPSA) is 9.23 Å². The minimum absolute atomic E-state index is 0.634. The van der Waals surface area contributed by atoms with Crippen molar-refractivity contribution in [2.24, 2.45) is 0 Å². The number of rotatable bonds is 3. The van der Waals surface area contributed by atoms with Crippen LogP contribution in [0.15, 0.2) is 48.5 Å². The molecule has 0 aromatic heterocycles. The fourth-order valence-electron chi connectivity index (χ4n) is 1.52. The molecule has 0 fully saturated rings. The first-order valence-electron chi connectivity index (χ1n) is 5.19. The molecule has 0 heterocycles. The van der Waals surface area contributed by atoms with E-state index in [1.165, 1.54) is 14.7 Å². The third kappa shape index (κ3) is 2.76.